The van der Waals surface area contributed by atoms with Gasteiger partial charge in [0.15, 0.2) is 0 Å². The van der Waals surface area contributed by atoms with Crippen molar-refractivity contribution in [2.75, 3.05) is 39.4 Å². The van der Waals surface area contributed by atoms with E-state index in [-0.39, 0.29) is 0 Å². The molecule has 1 saturated heterocycles. The zero-order chi connectivity index (χ0) is 13.4. The van der Waals surface area contributed by atoms with Gasteiger partial charge >= 0.3 is 0 Å². The Hall–Kier alpha value is -0.120. The molecule has 1 N–H and O–H groups in total. The zero-order valence-electron chi connectivity index (χ0n) is 12.7. The normalized spacial score (nSPS) is 27.3. The summed E-state index contributed by atoms with van der Waals surface area (Å²) >= 11 is 0. The van der Waals surface area contributed by atoms with Crippen LogP contribution in [-0.4, -0.2) is 50.3 Å². The van der Waals surface area contributed by atoms with Crippen LogP contribution in [0.2, 0.25) is 0 Å². The van der Waals surface area contributed by atoms with Crippen LogP contribution >= 0.6 is 0 Å². The molecule has 1 aliphatic rings. The molecule has 3 atom stereocenters. The second kappa shape index (κ2) is 8.89. The molecule has 18 heavy (non-hydrogen) atoms. The molecule has 0 amide bonds. The minimum atomic E-state index is 0.655. The molecule has 108 valence electrons. The quantitative estimate of drug-likeness (QED) is 0.675. The molecular formula is C15H32N2O. The van der Waals surface area contributed by atoms with Crippen molar-refractivity contribution < 1.29 is 4.74 Å². The van der Waals surface area contributed by atoms with E-state index >= 15 is 0 Å². The summed E-state index contributed by atoms with van der Waals surface area (Å²) in [7, 11) is 0. The van der Waals surface area contributed by atoms with Gasteiger partial charge < -0.3 is 10.1 Å². The molecule has 0 saturated carbocycles. The molecule has 1 fully saturated rings. The summed E-state index contributed by atoms with van der Waals surface area (Å²) < 4.78 is 5.33. The van der Waals surface area contributed by atoms with Crippen LogP contribution in [-0.2, 0) is 4.74 Å². The summed E-state index contributed by atoms with van der Waals surface area (Å²) in [6, 6.07) is 0.655. The highest BCUT2D eigenvalue weighted by molar-refractivity contribution is 4.79. The number of hydrogen-bond donors (Lipinski definition) is 1. The van der Waals surface area contributed by atoms with Crippen molar-refractivity contribution >= 4 is 0 Å². The first-order valence-electron chi connectivity index (χ1n) is 7.66. The Morgan fingerprint density at radius 3 is 2.56 bits per heavy atom. The standard InChI is InChI=1S/C15H32N2O/c1-5-18-8-6-7-16-10-15(4)17-11-13(2)9-14(3)12-17/h13-16H,5-12H2,1-4H3. The smallest absolute Gasteiger partial charge is 0.0477 e. The summed E-state index contributed by atoms with van der Waals surface area (Å²) in [5, 5.41) is 3.55. The van der Waals surface area contributed by atoms with Gasteiger partial charge in [0.2, 0.25) is 0 Å². The summed E-state index contributed by atoms with van der Waals surface area (Å²) in [6.45, 7) is 15.6. The third-order valence-electron chi connectivity index (χ3n) is 3.81. The van der Waals surface area contributed by atoms with Gasteiger partial charge in [0, 0.05) is 38.9 Å². The first-order chi connectivity index (χ1) is 8.63. The van der Waals surface area contributed by atoms with E-state index in [0.717, 1.165) is 44.6 Å². The van der Waals surface area contributed by atoms with Gasteiger partial charge in [-0.15, -0.1) is 0 Å². The highest BCUT2D eigenvalue weighted by atomic mass is 16.5. The molecule has 0 radical (unpaired) electrons. The lowest BCUT2D eigenvalue weighted by atomic mass is 9.91. The summed E-state index contributed by atoms with van der Waals surface area (Å²) in [6.07, 6.45) is 2.51. The molecule has 3 nitrogen and oxygen atoms in total. The Bertz CT molecular complexity index is 201. The molecule has 1 rings (SSSR count). The van der Waals surface area contributed by atoms with E-state index in [1.807, 2.05) is 6.92 Å². The first kappa shape index (κ1) is 15.9. The average Bonchev–Trinajstić information content (AvgIpc) is 2.32. The number of nitrogens with one attached hydrogen (secondary N) is 1. The van der Waals surface area contributed by atoms with Crippen molar-refractivity contribution in [2.45, 2.75) is 46.6 Å². The molecule has 0 aliphatic carbocycles. The van der Waals surface area contributed by atoms with E-state index in [2.05, 4.69) is 31.0 Å². The highest BCUT2D eigenvalue weighted by Gasteiger charge is 2.24. The van der Waals surface area contributed by atoms with Gasteiger partial charge in [0.1, 0.15) is 0 Å². The van der Waals surface area contributed by atoms with Gasteiger partial charge in [-0.05, 0) is 45.1 Å². The van der Waals surface area contributed by atoms with Crippen LogP contribution in [0.25, 0.3) is 0 Å². The lowest BCUT2D eigenvalue weighted by Gasteiger charge is -2.39. The average molecular weight is 256 g/mol. The minimum Gasteiger partial charge on any atom is -0.382 e. The molecule has 1 aliphatic heterocycles. The lowest BCUT2D eigenvalue weighted by molar-refractivity contribution is 0.101. The fraction of sp³-hybridized carbons (Fsp3) is 1.00. The molecule has 0 bridgehead atoms. The molecule has 0 aromatic rings. The predicted molar refractivity (Wildman–Crippen MR) is 78.0 cm³/mol. The fourth-order valence-corrected chi connectivity index (χ4v) is 2.95. The third-order valence-corrected chi connectivity index (χ3v) is 3.81. The predicted octanol–water partition coefficient (Wildman–Crippen LogP) is 2.37. The van der Waals surface area contributed by atoms with Crippen LogP contribution in [0.3, 0.4) is 0 Å². The van der Waals surface area contributed by atoms with Gasteiger partial charge in [-0.25, -0.2) is 0 Å². The van der Waals surface area contributed by atoms with Gasteiger partial charge in [-0.2, -0.15) is 0 Å². The Morgan fingerprint density at radius 1 is 1.28 bits per heavy atom. The number of likely N-dealkylation sites (tertiary alicyclic amines) is 1. The molecule has 3 unspecified atom stereocenters. The van der Waals surface area contributed by atoms with Crippen molar-refractivity contribution in [1.82, 2.24) is 10.2 Å². The maximum Gasteiger partial charge on any atom is 0.0477 e. The van der Waals surface area contributed by atoms with Gasteiger partial charge in [0.25, 0.3) is 0 Å². The van der Waals surface area contributed by atoms with Crippen molar-refractivity contribution in [2.24, 2.45) is 11.8 Å². The number of piperidine rings is 1. The fourth-order valence-electron chi connectivity index (χ4n) is 2.95. The summed E-state index contributed by atoms with van der Waals surface area (Å²) in [5.74, 6) is 1.71. The van der Waals surface area contributed by atoms with Crippen molar-refractivity contribution in [3.8, 4) is 0 Å². The molecule has 0 spiro atoms. The topological polar surface area (TPSA) is 24.5 Å². The van der Waals surface area contributed by atoms with E-state index in [0.29, 0.717) is 6.04 Å². The third kappa shape index (κ3) is 6.17. The molecule has 0 aromatic carbocycles. The number of nitrogens with zero attached hydrogens (tertiary/aromatic N) is 1. The molecule has 3 heteroatoms. The maximum atomic E-state index is 5.33. The second-order valence-electron chi connectivity index (χ2n) is 6.00. The van der Waals surface area contributed by atoms with Crippen molar-refractivity contribution in [3.63, 3.8) is 0 Å². The number of ether oxygens (including phenoxy) is 1. The Kier molecular flexibility index (Phi) is 7.87. The van der Waals surface area contributed by atoms with E-state index in [1.165, 1.54) is 19.5 Å². The largest absolute Gasteiger partial charge is 0.382 e. The van der Waals surface area contributed by atoms with Crippen LogP contribution in [0.5, 0.6) is 0 Å². The molecule has 0 aromatic heterocycles. The second-order valence-corrected chi connectivity index (χ2v) is 6.00. The van der Waals surface area contributed by atoms with Crippen LogP contribution in [0.4, 0.5) is 0 Å². The van der Waals surface area contributed by atoms with Crippen LogP contribution < -0.4 is 5.32 Å². The van der Waals surface area contributed by atoms with Crippen molar-refractivity contribution in [3.05, 3.63) is 0 Å². The minimum absolute atomic E-state index is 0.655. The number of hydrogen-bond acceptors (Lipinski definition) is 3. The number of rotatable bonds is 8. The highest BCUT2D eigenvalue weighted by Crippen LogP contribution is 2.22. The molecule has 1 heterocycles. The molecular weight excluding hydrogens is 224 g/mol. The van der Waals surface area contributed by atoms with Gasteiger partial charge in [-0.3, -0.25) is 4.90 Å². The van der Waals surface area contributed by atoms with Gasteiger partial charge in [-0.1, -0.05) is 13.8 Å². The van der Waals surface area contributed by atoms with E-state index in [1.54, 1.807) is 0 Å². The van der Waals surface area contributed by atoms with Crippen LogP contribution in [0, 0.1) is 11.8 Å². The van der Waals surface area contributed by atoms with Crippen molar-refractivity contribution in [1.29, 1.82) is 0 Å². The Morgan fingerprint density at radius 2 is 1.94 bits per heavy atom. The lowest BCUT2D eigenvalue weighted by Crippen LogP contribution is -2.47. The summed E-state index contributed by atoms with van der Waals surface area (Å²) in [5.41, 5.74) is 0. The summed E-state index contributed by atoms with van der Waals surface area (Å²) in [4.78, 5) is 2.65. The van der Waals surface area contributed by atoms with Crippen LogP contribution in [0.1, 0.15) is 40.5 Å². The Balaban J connectivity index is 2.10. The first-order valence-corrected chi connectivity index (χ1v) is 7.66. The SMILES string of the molecule is CCOCCCNCC(C)N1CC(C)CC(C)C1. The van der Waals surface area contributed by atoms with Gasteiger partial charge in [0.05, 0.1) is 0 Å². The monoisotopic (exact) mass is 256 g/mol. The van der Waals surface area contributed by atoms with E-state index < -0.39 is 0 Å². The maximum absolute atomic E-state index is 5.33. The van der Waals surface area contributed by atoms with E-state index in [4.69, 9.17) is 4.74 Å². The van der Waals surface area contributed by atoms with E-state index in [9.17, 15) is 0 Å². The zero-order valence-corrected chi connectivity index (χ0v) is 12.7. The van der Waals surface area contributed by atoms with Crippen LogP contribution in [0.15, 0.2) is 0 Å². The Labute approximate surface area is 113 Å².